The van der Waals surface area contributed by atoms with E-state index in [1.807, 2.05) is 0 Å². The van der Waals surface area contributed by atoms with E-state index in [0.717, 1.165) is 13.0 Å². The van der Waals surface area contributed by atoms with Gasteiger partial charge in [-0.15, -0.1) is 0 Å². The molecule has 0 aliphatic carbocycles. The molecule has 2 nitrogen and oxygen atoms in total. The second kappa shape index (κ2) is 5.90. The van der Waals surface area contributed by atoms with E-state index in [-0.39, 0.29) is 6.04 Å². The molecular weight excluding hydrogens is 256 g/mol. The summed E-state index contributed by atoms with van der Waals surface area (Å²) in [6, 6.07) is 17.8. The van der Waals surface area contributed by atoms with Gasteiger partial charge < -0.3 is 10.6 Å². The van der Waals surface area contributed by atoms with Crippen molar-refractivity contribution in [1.82, 2.24) is 0 Å². The average Bonchev–Trinajstić information content (AvgIpc) is 2.49. The summed E-state index contributed by atoms with van der Waals surface area (Å²) in [4.78, 5) is 2.49. The van der Waals surface area contributed by atoms with Gasteiger partial charge in [-0.3, -0.25) is 0 Å². The Balaban J connectivity index is 1.99. The second-order valence-corrected chi connectivity index (χ2v) is 6.25. The molecule has 0 saturated carbocycles. The number of nitrogens with two attached hydrogens (primary N) is 1. The molecule has 2 atom stereocenters. The Morgan fingerprint density at radius 3 is 2.57 bits per heavy atom. The van der Waals surface area contributed by atoms with E-state index < -0.39 is 0 Å². The fraction of sp³-hybridized carbons (Fsp3) is 0.368. The Morgan fingerprint density at radius 2 is 1.86 bits per heavy atom. The Bertz CT molecular complexity index is 603. The Labute approximate surface area is 127 Å². The van der Waals surface area contributed by atoms with Crippen LogP contribution in [0.1, 0.15) is 29.7 Å². The van der Waals surface area contributed by atoms with Gasteiger partial charge in [0.2, 0.25) is 0 Å². The topological polar surface area (TPSA) is 29.3 Å². The smallest absolute Gasteiger partial charge is 0.0665 e. The molecule has 0 saturated heterocycles. The number of fused-ring (bicyclic) bond motifs is 1. The number of aryl methyl sites for hydroxylation is 1. The first kappa shape index (κ1) is 14.2. The summed E-state index contributed by atoms with van der Waals surface area (Å²) in [7, 11) is 0. The summed E-state index contributed by atoms with van der Waals surface area (Å²) in [6.07, 6.45) is 1.16. The number of nitrogens with zero attached hydrogens (tertiary/aromatic N) is 1. The number of anilines is 1. The minimum atomic E-state index is 0.259. The van der Waals surface area contributed by atoms with E-state index in [9.17, 15) is 0 Å². The van der Waals surface area contributed by atoms with Gasteiger partial charge in [0.15, 0.2) is 0 Å². The predicted octanol–water partition coefficient (Wildman–Crippen LogP) is 3.69. The second-order valence-electron chi connectivity index (χ2n) is 6.25. The minimum absolute atomic E-state index is 0.259. The highest BCUT2D eigenvalue weighted by atomic mass is 15.2. The molecule has 0 bridgehead atoms. The van der Waals surface area contributed by atoms with Crippen LogP contribution in [-0.2, 0) is 6.42 Å². The molecule has 2 aromatic rings. The molecule has 2 aromatic carbocycles. The summed E-state index contributed by atoms with van der Waals surface area (Å²) >= 11 is 0. The van der Waals surface area contributed by atoms with Crippen LogP contribution in [0, 0.1) is 12.8 Å². The normalized spacial score (nSPS) is 19.2. The Hall–Kier alpha value is -1.80. The lowest BCUT2D eigenvalue weighted by molar-refractivity contribution is 0.490. The van der Waals surface area contributed by atoms with Gasteiger partial charge in [-0.2, -0.15) is 0 Å². The van der Waals surface area contributed by atoms with Crippen LogP contribution in [0.25, 0.3) is 0 Å². The van der Waals surface area contributed by atoms with Crippen molar-refractivity contribution in [3.8, 4) is 0 Å². The average molecular weight is 280 g/mol. The van der Waals surface area contributed by atoms with Crippen molar-refractivity contribution < 1.29 is 0 Å². The van der Waals surface area contributed by atoms with Gasteiger partial charge in [-0.25, -0.2) is 0 Å². The predicted molar refractivity (Wildman–Crippen MR) is 89.6 cm³/mol. The molecule has 1 aliphatic heterocycles. The molecule has 110 valence electrons. The summed E-state index contributed by atoms with van der Waals surface area (Å²) < 4.78 is 0. The first-order valence-electron chi connectivity index (χ1n) is 7.80. The van der Waals surface area contributed by atoms with Crippen molar-refractivity contribution in [2.24, 2.45) is 11.7 Å². The molecular formula is C19H24N2. The van der Waals surface area contributed by atoms with E-state index in [4.69, 9.17) is 5.73 Å². The van der Waals surface area contributed by atoms with Gasteiger partial charge in [0.25, 0.3) is 0 Å². The third kappa shape index (κ3) is 2.81. The highest BCUT2D eigenvalue weighted by Gasteiger charge is 2.27. The standard InChI is InChI=1S/C19H24N2/c1-14-7-9-16(10-8-14)19(12-20)21-13-15(2)11-17-5-3-4-6-18(17)21/h3-10,15,19H,11-13,20H2,1-2H3. The number of hydrogen-bond acceptors (Lipinski definition) is 2. The maximum Gasteiger partial charge on any atom is 0.0665 e. The minimum Gasteiger partial charge on any atom is -0.363 e. The van der Waals surface area contributed by atoms with E-state index in [2.05, 4.69) is 67.3 Å². The monoisotopic (exact) mass is 280 g/mol. The van der Waals surface area contributed by atoms with Crippen molar-refractivity contribution in [2.75, 3.05) is 18.0 Å². The number of para-hydroxylation sites is 1. The fourth-order valence-corrected chi connectivity index (χ4v) is 3.36. The lowest BCUT2D eigenvalue weighted by Crippen LogP contribution is -2.40. The van der Waals surface area contributed by atoms with Crippen LogP contribution >= 0.6 is 0 Å². The van der Waals surface area contributed by atoms with Gasteiger partial charge in [0.05, 0.1) is 6.04 Å². The zero-order valence-corrected chi connectivity index (χ0v) is 12.9. The van der Waals surface area contributed by atoms with E-state index >= 15 is 0 Å². The van der Waals surface area contributed by atoms with Crippen LogP contribution < -0.4 is 10.6 Å². The molecule has 21 heavy (non-hydrogen) atoms. The maximum atomic E-state index is 6.13. The Morgan fingerprint density at radius 1 is 1.14 bits per heavy atom. The number of benzene rings is 2. The molecule has 0 aromatic heterocycles. The summed E-state index contributed by atoms with van der Waals surface area (Å²) in [5.41, 5.74) is 11.5. The van der Waals surface area contributed by atoms with Crippen molar-refractivity contribution in [3.05, 3.63) is 65.2 Å². The summed E-state index contributed by atoms with van der Waals surface area (Å²) in [5, 5.41) is 0. The van der Waals surface area contributed by atoms with Gasteiger partial charge in [-0.05, 0) is 36.5 Å². The number of hydrogen-bond donors (Lipinski definition) is 1. The zero-order valence-electron chi connectivity index (χ0n) is 12.9. The van der Waals surface area contributed by atoms with Crippen molar-refractivity contribution in [2.45, 2.75) is 26.3 Å². The third-order valence-electron chi connectivity index (χ3n) is 4.44. The largest absolute Gasteiger partial charge is 0.363 e. The first-order valence-corrected chi connectivity index (χ1v) is 7.80. The van der Waals surface area contributed by atoms with Gasteiger partial charge in [0, 0.05) is 18.8 Å². The molecule has 0 amide bonds. The molecule has 3 rings (SSSR count). The van der Waals surface area contributed by atoms with Gasteiger partial charge >= 0.3 is 0 Å². The molecule has 0 fully saturated rings. The van der Waals surface area contributed by atoms with Crippen molar-refractivity contribution in [1.29, 1.82) is 0 Å². The summed E-state index contributed by atoms with van der Waals surface area (Å²) in [5.74, 6) is 0.666. The molecule has 2 heteroatoms. The number of rotatable bonds is 3. The molecule has 2 unspecified atom stereocenters. The third-order valence-corrected chi connectivity index (χ3v) is 4.44. The molecule has 1 heterocycles. The lowest BCUT2D eigenvalue weighted by Gasteiger charge is -2.40. The van der Waals surface area contributed by atoms with Gasteiger partial charge in [0.1, 0.15) is 0 Å². The molecule has 0 spiro atoms. The van der Waals surface area contributed by atoms with Crippen molar-refractivity contribution >= 4 is 5.69 Å². The van der Waals surface area contributed by atoms with Crippen LogP contribution in [-0.4, -0.2) is 13.1 Å². The quantitative estimate of drug-likeness (QED) is 0.929. The van der Waals surface area contributed by atoms with Crippen molar-refractivity contribution in [3.63, 3.8) is 0 Å². The van der Waals surface area contributed by atoms with E-state index in [0.29, 0.717) is 12.5 Å². The van der Waals surface area contributed by atoms with E-state index in [1.54, 1.807) is 0 Å². The van der Waals surface area contributed by atoms with Crippen LogP contribution in [0.5, 0.6) is 0 Å². The maximum absolute atomic E-state index is 6.13. The SMILES string of the molecule is Cc1ccc(C(CN)N2CC(C)Cc3ccccc32)cc1. The van der Waals surface area contributed by atoms with Crippen LogP contribution in [0.15, 0.2) is 48.5 Å². The fourth-order valence-electron chi connectivity index (χ4n) is 3.36. The summed E-state index contributed by atoms with van der Waals surface area (Å²) in [6.45, 7) is 6.17. The molecule has 1 aliphatic rings. The van der Waals surface area contributed by atoms with E-state index in [1.165, 1.54) is 22.4 Å². The highest BCUT2D eigenvalue weighted by Crippen LogP contribution is 2.35. The highest BCUT2D eigenvalue weighted by molar-refractivity contribution is 5.57. The van der Waals surface area contributed by atoms with Crippen LogP contribution in [0.3, 0.4) is 0 Å². The van der Waals surface area contributed by atoms with Crippen LogP contribution in [0.2, 0.25) is 0 Å². The Kier molecular flexibility index (Phi) is 3.98. The molecule has 2 N–H and O–H groups in total. The van der Waals surface area contributed by atoms with Crippen LogP contribution in [0.4, 0.5) is 5.69 Å². The molecule has 0 radical (unpaired) electrons. The van der Waals surface area contributed by atoms with Gasteiger partial charge in [-0.1, -0.05) is 55.0 Å². The first-order chi connectivity index (χ1) is 10.2. The lowest BCUT2D eigenvalue weighted by atomic mass is 9.91. The zero-order chi connectivity index (χ0) is 14.8.